The van der Waals surface area contributed by atoms with Crippen molar-refractivity contribution in [2.45, 2.75) is 50.9 Å². The zero-order chi connectivity index (χ0) is 10.3. The largest absolute Gasteiger partial charge is 0.352 e. The number of alkyl halides is 1. The highest BCUT2D eigenvalue weighted by molar-refractivity contribution is 6.21. The summed E-state index contributed by atoms with van der Waals surface area (Å²) in [5.41, 5.74) is 0.227. The third kappa shape index (κ3) is 1.90. The standard InChI is InChI=1S/C11H18ClNO/c1-11(2)6-7(11)10(14)13-9-5-3-4-8(9)12/h7-9H,3-6H2,1-2H3,(H,13,14). The average Bonchev–Trinajstić information content (AvgIpc) is 2.54. The number of amides is 1. The molecule has 2 rings (SSSR count). The molecule has 0 saturated heterocycles. The first-order valence-corrected chi connectivity index (χ1v) is 5.89. The van der Waals surface area contributed by atoms with Crippen LogP contribution in [0.1, 0.15) is 39.5 Å². The monoisotopic (exact) mass is 215 g/mol. The molecule has 2 nitrogen and oxygen atoms in total. The molecule has 0 aromatic carbocycles. The Morgan fingerprint density at radius 2 is 2.07 bits per heavy atom. The fraction of sp³-hybridized carbons (Fsp3) is 0.909. The number of halogens is 1. The van der Waals surface area contributed by atoms with Crippen LogP contribution in [0.2, 0.25) is 0 Å². The second-order valence-electron chi connectivity index (χ2n) is 5.31. The van der Waals surface area contributed by atoms with E-state index in [2.05, 4.69) is 19.2 Å². The van der Waals surface area contributed by atoms with Crippen LogP contribution in [0.25, 0.3) is 0 Å². The van der Waals surface area contributed by atoms with E-state index >= 15 is 0 Å². The smallest absolute Gasteiger partial charge is 0.223 e. The van der Waals surface area contributed by atoms with Crippen molar-refractivity contribution in [3.8, 4) is 0 Å². The van der Waals surface area contributed by atoms with Crippen molar-refractivity contribution in [1.82, 2.24) is 5.32 Å². The van der Waals surface area contributed by atoms with Gasteiger partial charge in [0.05, 0.1) is 5.38 Å². The van der Waals surface area contributed by atoms with E-state index in [0.29, 0.717) is 0 Å². The summed E-state index contributed by atoms with van der Waals surface area (Å²) in [5, 5.41) is 3.23. The van der Waals surface area contributed by atoms with E-state index in [1.165, 1.54) is 0 Å². The Balaban J connectivity index is 1.83. The lowest BCUT2D eigenvalue weighted by molar-refractivity contribution is -0.123. The van der Waals surface area contributed by atoms with E-state index in [1.807, 2.05) is 0 Å². The molecule has 2 fully saturated rings. The maximum atomic E-state index is 11.8. The van der Waals surface area contributed by atoms with Crippen LogP contribution in [0.5, 0.6) is 0 Å². The van der Waals surface area contributed by atoms with Crippen LogP contribution in [-0.2, 0) is 4.79 Å². The van der Waals surface area contributed by atoms with Crippen molar-refractivity contribution in [2.24, 2.45) is 11.3 Å². The molecule has 2 aliphatic carbocycles. The van der Waals surface area contributed by atoms with E-state index < -0.39 is 0 Å². The SMILES string of the molecule is CC1(C)CC1C(=O)NC1CCCC1Cl. The second kappa shape index (κ2) is 3.41. The summed E-state index contributed by atoms with van der Waals surface area (Å²) in [6.45, 7) is 4.29. The first-order valence-electron chi connectivity index (χ1n) is 5.45. The van der Waals surface area contributed by atoms with E-state index in [0.717, 1.165) is 25.7 Å². The van der Waals surface area contributed by atoms with Crippen LogP contribution in [0.15, 0.2) is 0 Å². The third-order valence-electron chi connectivity index (χ3n) is 3.59. The van der Waals surface area contributed by atoms with Crippen LogP contribution in [0.3, 0.4) is 0 Å². The molecule has 3 heteroatoms. The van der Waals surface area contributed by atoms with Crippen LogP contribution < -0.4 is 5.32 Å². The van der Waals surface area contributed by atoms with Crippen LogP contribution in [0, 0.1) is 11.3 Å². The molecule has 0 bridgehead atoms. The number of carbonyl (C=O) groups is 1. The van der Waals surface area contributed by atoms with Crippen molar-refractivity contribution in [3.63, 3.8) is 0 Å². The lowest BCUT2D eigenvalue weighted by atomic mass is 10.1. The lowest BCUT2D eigenvalue weighted by Crippen LogP contribution is -2.39. The lowest BCUT2D eigenvalue weighted by Gasteiger charge is -2.16. The number of nitrogens with one attached hydrogen (secondary N) is 1. The highest BCUT2D eigenvalue weighted by Crippen LogP contribution is 2.51. The zero-order valence-corrected chi connectivity index (χ0v) is 9.60. The van der Waals surface area contributed by atoms with Gasteiger partial charge in [0.1, 0.15) is 0 Å². The van der Waals surface area contributed by atoms with Gasteiger partial charge in [-0.15, -0.1) is 11.6 Å². The molecule has 0 aliphatic heterocycles. The number of hydrogen-bond donors (Lipinski definition) is 1. The predicted molar refractivity (Wildman–Crippen MR) is 57.3 cm³/mol. The van der Waals surface area contributed by atoms with Crippen LogP contribution in [-0.4, -0.2) is 17.3 Å². The molecule has 0 heterocycles. The van der Waals surface area contributed by atoms with Gasteiger partial charge in [0.15, 0.2) is 0 Å². The summed E-state index contributed by atoms with van der Waals surface area (Å²) in [6.07, 6.45) is 4.26. The Morgan fingerprint density at radius 1 is 1.43 bits per heavy atom. The summed E-state index contributed by atoms with van der Waals surface area (Å²) >= 11 is 6.10. The molecule has 1 N–H and O–H groups in total. The molecular weight excluding hydrogens is 198 g/mol. The van der Waals surface area contributed by atoms with Gasteiger partial charge in [0, 0.05) is 12.0 Å². The molecule has 14 heavy (non-hydrogen) atoms. The minimum Gasteiger partial charge on any atom is -0.352 e. The highest BCUT2D eigenvalue weighted by atomic mass is 35.5. The Morgan fingerprint density at radius 3 is 2.50 bits per heavy atom. The zero-order valence-electron chi connectivity index (χ0n) is 8.85. The molecule has 0 spiro atoms. The number of rotatable bonds is 2. The highest BCUT2D eigenvalue weighted by Gasteiger charge is 2.51. The van der Waals surface area contributed by atoms with Gasteiger partial charge in [-0.25, -0.2) is 0 Å². The van der Waals surface area contributed by atoms with Crippen molar-refractivity contribution in [2.75, 3.05) is 0 Å². The molecule has 80 valence electrons. The van der Waals surface area contributed by atoms with Gasteiger partial charge in [-0.3, -0.25) is 4.79 Å². The molecule has 0 radical (unpaired) electrons. The number of hydrogen-bond acceptors (Lipinski definition) is 1. The molecule has 0 aromatic rings. The fourth-order valence-corrected chi connectivity index (χ4v) is 2.62. The maximum absolute atomic E-state index is 11.8. The van der Waals surface area contributed by atoms with Crippen molar-refractivity contribution >= 4 is 17.5 Å². The van der Waals surface area contributed by atoms with E-state index in [1.54, 1.807) is 0 Å². The van der Waals surface area contributed by atoms with Crippen LogP contribution in [0.4, 0.5) is 0 Å². The summed E-state index contributed by atoms with van der Waals surface area (Å²) < 4.78 is 0. The molecule has 2 aliphatic rings. The van der Waals surface area contributed by atoms with Gasteiger partial charge in [-0.2, -0.15) is 0 Å². The Labute approximate surface area is 90.4 Å². The maximum Gasteiger partial charge on any atom is 0.223 e. The number of carbonyl (C=O) groups excluding carboxylic acids is 1. The van der Waals surface area contributed by atoms with Crippen molar-refractivity contribution in [1.29, 1.82) is 0 Å². The molecule has 1 amide bonds. The minimum absolute atomic E-state index is 0.154. The van der Waals surface area contributed by atoms with Gasteiger partial charge >= 0.3 is 0 Å². The topological polar surface area (TPSA) is 29.1 Å². The van der Waals surface area contributed by atoms with Gasteiger partial charge in [0.25, 0.3) is 0 Å². The molecule has 2 saturated carbocycles. The molecule has 0 aromatic heterocycles. The third-order valence-corrected chi connectivity index (χ3v) is 4.11. The van der Waals surface area contributed by atoms with Crippen LogP contribution >= 0.6 is 11.6 Å². The van der Waals surface area contributed by atoms with Gasteiger partial charge in [-0.05, 0) is 31.1 Å². The predicted octanol–water partition coefficient (Wildman–Crippen LogP) is 2.31. The van der Waals surface area contributed by atoms with E-state index in [4.69, 9.17) is 11.6 Å². The summed E-state index contributed by atoms with van der Waals surface area (Å²) in [6, 6.07) is 0.223. The minimum atomic E-state index is 0.154. The van der Waals surface area contributed by atoms with Gasteiger partial charge < -0.3 is 5.32 Å². The van der Waals surface area contributed by atoms with Gasteiger partial charge in [0.2, 0.25) is 5.91 Å². The summed E-state index contributed by atoms with van der Waals surface area (Å²) in [7, 11) is 0. The molecule has 3 unspecified atom stereocenters. The quantitative estimate of drug-likeness (QED) is 0.704. The second-order valence-corrected chi connectivity index (χ2v) is 5.87. The Bertz CT molecular complexity index is 252. The first kappa shape index (κ1) is 10.3. The molecular formula is C11H18ClNO. The Kier molecular flexibility index (Phi) is 2.50. The fourth-order valence-electron chi connectivity index (χ4n) is 2.28. The summed E-state index contributed by atoms with van der Waals surface area (Å²) in [5.74, 6) is 0.444. The van der Waals surface area contributed by atoms with Gasteiger partial charge in [-0.1, -0.05) is 13.8 Å². The van der Waals surface area contributed by atoms with Crippen molar-refractivity contribution in [3.05, 3.63) is 0 Å². The first-order chi connectivity index (χ1) is 6.50. The van der Waals surface area contributed by atoms with E-state index in [-0.39, 0.29) is 28.7 Å². The van der Waals surface area contributed by atoms with Crippen molar-refractivity contribution < 1.29 is 4.79 Å². The normalized spacial score (nSPS) is 39.5. The average molecular weight is 216 g/mol. The van der Waals surface area contributed by atoms with E-state index in [9.17, 15) is 4.79 Å². The Hall–Kier alpha value is -0.240. The summed E-state index contributed by atoms with van der Waals surface area (Å²) in [4.78, 5) is 11.8. The molecule has 3 atom stereocenters.